The second-order valence-electron chi connectivity index (χ2n) is 3.96. The molecule has 17 heavy (non-hydrogen) atoms. The van der Waals surface area contributed by atoms with Crippen LogP contribution in [0.5, 0.6) is 11.5 Å². The standard InChI is InChI=1S/C12H15F3O2/c1-8(2)10-6-9(16-3)4-5-11(10)17-7-12(13,14)15/h4-6,8H,7H2,1-3H3. The molecule has 0 saturated carbocycles. The highest BCUT2D eigenvalue weighted by Crippen LogP contribution is 2.31. The summed E-state index contributed by atoms with van der Waals surface area (Å²) in [6.45, 7) is 2.49. The Balaban J connectivity index is 2.91. The van der Waals surface area contributed by atoms with E-state index in [-0.39, 0.29) is 11.7 Å². The van der Waals surface area contributed by atoms with Gasteiger partial charge in [-0.2, -0.15) is 13.2 Å². The van der Waals surface area contributed by atoms with Gasteiger partial charge in [0.05, 0.1) is 7.11 Å². The Morgan fingerprint density at radius 3 is 2.35 bits per heavy atom. The zero-order chi connectivity index (χ0) is 13.1. The van der Waals surface area contributed by atoms with Gasteiger partial charge >= 0.3 is 6.18 Å². The van der Waals surface area contributed by atoms with Crippen LogP contribution in [0, 0.1) is 0 Å². The highest BCUT2D eigenvalue weighted by Gasteiger charge is 2.29. The van der Waals surface area contributed by atoms with Crippen LogP contribution >= 0.6 is 0 Å². The molecule has 96 valence electrons. The number of rotatable bonds is 4. The van der Waals surface area contributed by atoms with Crippen molar-refractivity contribution in [3.63, 3.8) is 0 Å². The van der Waals surface area contributed by atoms with E-state index in [1.54, 1.807) is 12.1 Å². The van der Waals surface area contributed by atoms with E-state index in [2.05, 4.69) is 0 Å². The van der Waals surface area contributed by atoms with E-state index in [1.165, 1.54) is 13.2 Å². The van der Waals surface area contributed by atoms with Crippen LogP contribution in [0.3, 0.4) is 0 Å². The number of ether oxygens (including phenoxy) is 2. The molecule has 0 atom stereocenters. The Hall–Kier alpha value is -1.39. The van der Waals surface area contributed by atoms with Crippen molar-refractivity contribution in [2.24, 2.45) is 0 Å². The van der Waals surface area contributed by atoms with Gasteiger partial charge in [0.2, 0.25) is 0 Å². The molecule has 0 fully saturated rings. The van der Waals surface area contributed by atoms with Crippen molar-refractivity contribution in [1.29, 1.82) is 0 Å². The monoisotopic (exact) mass is 248 g/mol. The van der Waals surface area contributed by atoms with Crippen molar-refractivity contribution >= 4 is 0 Å². The van der Waals surface area contributed by atoms with Gasteiger partial charge in [0.25, 0.3) is 0 Å². The van der Waals surface area contributed by atoms with Gasteiger partial charge in [-0.3, -0.25) is 0 Å². The summed E-state index contributed by atoms with van der Waals surface area (Å²) in [5, 5.41) is 0. The maximum absolute atomic E-state index is 12.1. The van der Waals surface area contributed by atoms with Gasteiger partial charge in [-0.05, 0) is 24.1 Å². The van der Waals surface area contributed by atoms with Crippen LogP contribution in [0.4, 0.5) is 13.2 Å². The first-order valence-electron chi connectivity index (χ1n) is 5.21. The Morgan fingerprint density at radius 1 is 1.24 bits per heavy atom. The van der Waals surface area contributed by atoms with Gasteiger partial charge in [0.15, 0.2) is 6.61 Å². The number of alkyl halides is 3. The molecule has 0 heterocycles. The summed E-state index contributed by atoms with van der Waals surface area (Å²) < 4.78 is 46.0. The van der Waals surface area contributed by atoms with E-state index < -0.39 is 12.8 Å². The predicted octanol–water partition coefficient (Wildman–Crippen LogP) is 3.76. The average molecular weight is 248 g/mol. The second-order valence-corrected chi connectivity index (χ2v) is 3.96. The molecular formula is C12H15F3O2. The Labute approximate surface area is 98.3 Å². The first kappa shape index (κ1) is 13.7. The molecule has 2 nitrogen and oxygen atoms in total. The summed E-state index contributed by atoms with van der Waals surface area (Å²) >= 11 is 0. The molecular weight excluding hydrogens is 233 g/mol. The maximum atomic E-state index is 12.1. The quantitative estimate of drug-likeness (QED) is 0.807. The normalized spacial score (nSPS) is 11.7. The van der Waals surface area contributed by atoms with Crippen LogP contribution < -0.4 is 9.47 Å². The molecule has 5 heteroatoms. The lowest BCUT2D eigenvalue weighted by atomic mass is 10.0. The lowest BCUT2D eigenvalue weighted by Gasteiger charge is -2.16. The molecule has 0 N–H and O–H groups in total. The van der Waals surface area contributed by atoms with Gasteiger partial charge in [0.1, 0.15) is 11.5 Å². The lowest BCUT2D eigenvalue weighted by molar-refractivity contribution is -0.153. The molecule has 0 aliphatic heterocycles. The minimum absolute atomic E-state index is 0.0633. The van der Waals surface area contributed by atoms with Crippen LogP contribution in [0.1, 0.15) is 25.3 Å². The Morgan fingerprint density at radius 2 is 1.88 bits per heavy atom. The molecule has 0 unspecified atom stereocenters. The molecule has 0 aliphatic carbocycles. The molecule has 0 radical (unpaired) electrons. The fraction of sp³-hybridized carbons (Fsp3) is 0.500. The van der Waals surface area contributed by atoms with Crippen molar-refractivity contribution in [3.05, 3.63) is 23.8 Å². The molecule has 0 bridgehead atoms. The molecule has 1 aromatic carbocycles. The van der Waals surface area contributed by atoms with Crippen LogP contribution in [-0.2, 0) is 0 Å². The van der Waals surface area contributed by atoms with Crippen molar-refractivity contribution in [1.82, 2.24) is 0 Å². The Kier molecular flexibility index (Phi) is 4.26. The largest absolute Gasteiger partial charge is 0.497 e. The highest BCUT2D eigenvalue weighted by molar-refractivity contribution is 5.42. The predicted molar refractivity (Wildman–Crippen MR) is 58.6 cm³/mol. The average Bonchev–Trinajstić information content (AvgIpc) is 2.25. The van der Waals surface area contributed by atoms with E-state index in [0.29, 0.717) is 11.3 Å². The van der Waals surface area contributed by atoms with Crippen molar-refractivity contribution in [2.45, 2.75) is 25.9 Å². The molecule has 0 aliphatic rings. The van der Waals surface area contributed by atoms with Crippen LogP contribution in [0.25, 0.3) is 0 Å². The van der Waals surface area contributed by atoms with E-state index >= 15 is 0 Å². The SMILES string of the molecule is COc1ccc(OCC(F)(F)F)c(C(C)C)c1. The molecule has 0 aromatic heterocycles. The second kappa shape index (κ2) is 5.29. The summed E-state index contributed by atoms with van der Waals surface area (Å²) in [6, 6.07) is 4.77. The number of hydrogen-bond acceptors (Lipinski definition) is 2. The van der Waals surface area contributed by atoms with Gasteiger partial charge in [0, 0.05) is 5.56 Å². The van der Waals surface area contributed by atoms with Gasteiger partial charge in [-0.15, -0.1) is 0 Å². The third-order valence-corrected chi connectivity index (χ3v) is 2.23. The van der Waals surface area contributed by atoms with E-state index in [0.717, 1.165) is 0 Å². The Bertz CT molecular complexity index is 373. The third kappa shape index (κ3) is 4.17. The fourth-order valence-electron chi connectivity index (χ4n) is 1.40. The summed E-state index contributed by atoms with van der Waals surface area (Å²) in [5.74, 6) is 0.916. The number of methoxy groups -OCH3 is 1. The third-order valence-electron chi connectivity index (χ3n) is 2.23. The minimum Gasteiger partial charge on any atom is -0.497 e. The lowest BCUT2D eigenvalue weighted by Crippen LogP contribution is -2.19. The summed E-state index contributed by atoms with van der Waals surface area (Å²) in [4.78, 5) is 0. The van der Waals surface area contributed by atoms with Gasteiger partial charge < -0.3 is 9.47 Å². The zero-order valence-electron chi connectivity index (χ0n) is 9.97. The topological polar surface area (TPSA) is 18.5 Å². The number of benzene rings is 1. The van der Waals surface area contributed by atoms with Crippen LogP contribution in [0.2, 0.25) is 0 Å². The molecule has 1 rings (SSSR count). The molecule has 0 saturated heterocycles. The van der Waals surface area contributed by atoms with E-state index in [1.807, 2.05) is 13.8 Å². The molecule has 0 amide bonds. The smallest absolute Gasteiger partial charge is 0.422 e. The van der Waals surface area contributed by atoms with Crippen molar-refractivity contribution in [3.8, 4) is 11.5 Å². The fourth-order valence-corrected chi connectivity index (χ4v) is 1.40. The maximum Gasteiger partial charge on any atom is 0.422 e. The summed E-state index contributed by atoms with van der Waals surface area (Å²) in [5.41, 5.74) is 0.702. The van der Waals surface area contributed by atoms with Crippen molar-refractivity contribution < 1.29 is 22.6 Å². The number of hydrogen-bond donors (Lipinski definition) is 0. The van der Waals surface area contributed by atoms with E-state index in [4.69, 9.17) is 9.47 Å². The van der Waals surface area contributed by atoms with E-state index in [9.17, 15) is 13.2 Å². The highest BCUT2D eigenvalue weighted by atomic mass is 19.4. The molecule has 1 aromatic rings. The first-order chi connectivity index (χ1) is 7.83. The zero-order valence-corrected chi connectivity index (χ0v) is 9.97. The van der Waals surface area contributed by atoms with Gasteiger partial charge in [-0.1, -0.05) is 13.8 Å². The van der Waals surface area contributed by atoms with Crippen molar-refractivity contribution in [2.75, 3.05) is 13.7 Å². The number of halogens is 3. The summed E-state index contributed by atoms with van der Waals surface area (Å²) in [7, 11) is 1.51. The van der Waals surface area contributed by atoms with Crippen LogP contribution in [-0.4, -0.2) is 19.9 Å². The molecule has 0 spiro atoms. The van der Waals surface area contributed by atoms with Crippen LogP contribution in [0.15, 0.2) is 18.2 Å². The first-order valence-corrected chi connectivity index (χ1v) is 5.21. The van der Waals surface area contributed by atoms with Gasteiger partial charge in [-0.25, -0.2) is 0 Å². The minimum atomic E-state index is -4.33. The summed E-state index contributed by atoms with van der Waals surface area (Å²) in [6.07, 6.45) is -4.33.